The molecular weight excluding hydrogens is 256 g/mol. The van der Waals surface area contributed by atoms with E-state index in [9.17, 15) is 9.90 Å². The number of aromatic hydroxyl groups is 1. The van der Waals surface area contributed by atoms with Crippen LogP contribution in [0.2, 0.25) is 0 Å². The molecule has 6 heteroatoms. The zero-order valence-corrected chi connectivity index (χ0v) is 11.3. The van der Waals surface area contributed by atoms with Gasteiger partial charge in [0.2, 0.25) is 0 Å². The molecule has 106 valence electrons. The van der Waals surface area contributed by atoms with Crippen LogP contribution in [0.15, 0.2) is 36.5 Å². The van der Waals surface area contributed by atoms with Crippen LogP contribution in [0.3, 0.4) is 0 Å². The molecule has 0 spiro atoms. The number of hydrogen-bond acceptors (Lipinski definition) is 4. The summed E-state index contributed by atoms with van der Waals surface area (Å²) in [6.07, 6.45) is 1.41. The van der Waals surface area contributed by atoms with E-state index >= 15 is 0 Å². The van der Waals surface area contributed by atoms with E-state index in [2.05, 4.69) is 10.4 Å². The molecule has 0 aliphatic rings. The van der Waals surface area contributed by atoms with Gasteiger partial charge in [-0.3, -0.25) is 4.79 Å². The van der Waals surface area contributed by atoms with Crippen LogP contribution in [0.5, 0.6) is 5.75 Å². The van der Waals surface area contributed by atoms with Crippen LogP contribution in [0.1, 0.15) is 17.4 Å². The zero-order valence-electron chi connectivity index (χ0n) is 11.3. The third-order valence-electron chi connectivity index (χ3n) is 2.94. The van der Waals surface area contributed by atoms with Crippen molar-refractivity contribution in [3.63, 3.8) is 0 Å². The first-order chi connectivity index (χ1) is 9.61. The highest BCUT2D eigenvalue weighted by Crippen LogP contribution is 2.17. The minimum Gasteiger partial charge on any atom is -0.504 e. The Labute approximate surface area is 117 Å². The average molecular weight is 274 g/mol. The Morgan fingerprint density at radius 3 is 2.80 bits per heavy atom. The molecule has 1 unspecified atom stereocenters. The maximum atomic E-state index is 11.9. The van der Waals surface area contributed by atoms with Crippen molar-refractivity contribution in [2.24, 2.45) is 11.7 Å². The Hall–Kier alpha value is -2.34. The highest BCUT2D eigenvalue weighted by Gasteiger charge is 2.17. The summed E-state index contributed by atoms with van der Waals surface area (Å²) in [6.45, 7) is 2.88. The standard InChI is InChI=1S/C14H18N4O2/c1-10(7-15)8-16-14(20)13-12(19)9-18(17-13)11-5-3-2-4-6-11/h2-6,9-10,19H,7-8,15H2,1H3,(H,16,20). The SMILES string of the molecule is CC(CN)CNC(=O)c1nn(-c2ccccc2)cc1O. The number of benzene rings is 1. The smallest absolute Gasteiger partial charge is 0.275 e. The number of nitrogens with one attached hydrogen (secondary N) is 1. The second-order valence-electron chi connectivity index (χ2n) is 4.69. The Balaban J connectivity index is 2.13. The average Bonchev–Trinajstić information content (AvgIpc) is 2.87. The summed E-state index contributed by atoms with van der Waals surface area (Å²) in [4.78, 5) is 11.9. The lowest BCUT2D eigenvalue weighted by atomic mass is 10.2. The fraction of sp³-hybridized carbons (Fsp3) is 0.286. The van der Waals surface area contributed by atoms with Crippen LogP contribution in [0.25, 0.3) is 5.69 Å². The second kappa shape index (κ2) is 6.21. The van der Waals surface area contributed by atoms with Crippen LogP contribution < -0.4 is 11.1 Å². The van der Waals surface area contributed by atoms with Gasteiger partial charge in [-0.05, 0) is 24.6 Å². The molecule has 0 aliphatic heterocycles. The summed E-state index contributed by atoms with van der Waals surface area (Å²) < 4.78 is 1.47. The van der Waals surface area contributed by atoms with Crippen LogP contribution in [-0.2, 0) is 0 Å². The minimum absolute atomic E-state index is 0.0121. The molecule has 1 aromatic heterocycles. The number of para-hydroxylation sites is 1. The number of hydrogen-bond donors (Lipinski definition) is 3. The van der Waals surface area contributed by atoms with E-state index in [4.69, 9.17) is 5.73 Å². The highest BCUT2D eigenvalue weighted by molar-refractivity contribution is 5.94. The van der Waals surface area contributed by atoms with Crippen molar-refractivity contribution in [1.82, 2.24) is 15.1 Å². The van der Waals surface area contributed by atoms with E-state index < -0.39 is 5.91 Å². The number of aromatic nitrogens is 2. The van der Waals surface area contributed by atoms with E-state index in [-0.39, 0.29) is 17.4 Å². The molecule has 1 atom stereocenters. The monoisotopic (exact) mass is 274 g/mol. The van der Waals surface area contributed by atoms with E-state index in [0.717, 1.165) is 5.69 Å². The van der Waals surface area contributed by atoms with E-state index in [0.29, 0.717) is 13.1 Å². The third-order valence-corrected chi connectivity index (χ3v) is 2.94. The number of nitrogens with two attached hydrogens (primary N) is 1. The number of nitrogens with zero attached hydrogens (tertiary/aromatic N) is 2. The predicted octanol–water partition coefficient (Wildman–Crippen LogP) is 0.902. The first-order valence-corrected chi connectivity index (χ1v) is 6.44. The molecule has 6 nitrogen and oxygen atoms in total. The highest BCUT2D eigenvalue weighted by atomic mass is 16.3. The molecule has 1 amide bonds. The fourth-order valence-electron chi connectivity index (χ4n) is 1.67. The maximum Gasteiger partial charge on any atom is 0.275 e. The summed E-state index contributed by atoms with van der Waals surface area (Å²) in [7, 11) is 0. The lowest BCUT2D eigenvalue weighted by molar-refractivity contribution is 0.0940. The van der Waals surface area contributed by atoms with Gasteiger partial charge in [-0.15, -0.1) is 0 Å². The molecule has 2 rings (SSSR count). The van der Waals surface area contributed by atoms with E-state index in [1.54, 1.807) is 0 Å². The van der Waals surface area contributed by atoms with Crippen molar-refractivity contribution in [3.8, 4) is 11.4 Å². The van der Waals surface area contributed by atoms with Gasteiger partial charge < -0.3 is 16.2 Å². The van der Waals surface area contributed by atoms with Crippen molar-refractivity contribution in [2.75, 3.05) is 13.1 Å². The Kier molecular flexibility index (Phi) is 4.37. The van der Waals surface area contributed by atoms with Gasteiger partial charge in [0.1, 0.15) is 0 Å². The molecule has 0 bridgehead atoms. The Morgan fingerprint density at radius 1 is 1.45 bits per heavy atom. The second-order valence-corrected chi connectivity index (χ2v) is 4.69. The number of rotatable bonds is 5. The zero-order chi connectivity index (χ0) is 14.5. The van der Waals surface area contributed by atoms with Crippen LogP contribution >= 0.6 is 0 Å². The van der Waals surface area contributed by atoms with Gasteiger partial charge >= 0.3 is 0 Å². The molecule has 1 aromatic carbocycles. The van der Waals surface area contributed by atoms with Gasteiger partial charge in [-0.2, -0.15) is 5.10 Å². The third kappa shape index (κ3) is 3.16. The summed E-state index contributed by atoms with van der Waals surface area (Å²) in [6, 6.07) is 9.28. The van der Waals surface area contributed by atoms with Gasteiger partial charge in [-0.25, -0.2) is 4.68 Å². The molecule has 20 heavy (non-hydrogen) atoms. The van der Waals surface area contributed by atoms with Gasteiger partial charge in [0.15, 0.2) is 11.4 Å². The quantitative estimate of drug-likeness (QED) is 0.755. The molecular formula is C14H18N4O2. The van der Waals surface area contributed by atoms with Gasteiger partial charge in [0, 0.05) is 6.54 Å². The van der Waals surface area contributed by atoms with Gasteiger partial charge in [0.25, 0.3) is 5.91 Å². The van der Waals surface area contributed by atoms with Crippen LogP contribution in [0, 0.1) is 5.92 Å². The molecule has 0 radical (unpaired) electrons. The Morgan fingerprint density at radius 2 is 2.15 bits per heavy atom. The van der Waals surface area contributed by atoms with Gasteiger partial charge in [-0.1, -0.05) is 25.1 Å². The molecule has 4 N–H and O–H groups in total. The minimum atomic E-state index is -0.405. The summed E-state index contributed by atoms with van der Waals surface area (Å²) in [5.41, 5.74) is 6.27. The van der Waals surface area contributed by atoms with Crippen molar-refractivity contribution in [3.05, 3.63) is 42.2 Å². The van der Waals surface area contributed by atoms with Crippen LogP contribution in [0.4, 0.5) is 0 Å². The largest absolute Gasteiger partial charge is 0.504 e. The molecule has 1 heterocycles. The van der Waals surface area contributed by atoms with Crippen molar-refractivity contribution >= 4 is 5.91 Å². The summed E-state index contributed by atoms with van der Waals surface area (Å²) >= 11 is 0. The lowest BCUT2D eigenvalue weighted by Crippen LogP contribution is -2.31. The summed E-state index contributed by atoms with van der Waals surface area (Å²) in [5, 5.41) is 16.6. The fourth-order valence-corrected chi connectivity index (χ4v) is 1.67. The van der Waals surface area contributed by atoms with E-state index in [1.165, 1.54) is 10.9 Å². The van der Waals surface area contributed by atoms with E-state index in [1.807, 2.05) is 37.3 Å². The van der Waals surface area contributed by atoms with Crippen molar-refractivity contribution in [1.29, 1.82) is 0 Å². The lowest BCUT2D eigenvalue weighted by Gasteiger charge is -2.08. The van der Waals surface area contributed by atoms with Crippen molar-refractivity contribution in [2.45, 2.75) is 6.92 Å². The number of carbonyl (C=O) groups is 1. The molecule has 2 aromatic rings. The first kappa shape index (κ1) is 14.1. The normalized spacial score (nSPS) is 12.1. The van der Waals surface area contributed by atoms with Crippen molar-refractivity contribution < 1.29 is 9.90 Å². The van der Waals surface area contributed by atoms with Gasteiger partial charge in [0.05, 0.1) is 11.9 Å². The Bertz CT molecular complexity index is 580. The topological polar surface area (TPSA) is 93.2 Å². The molecule has 0 saturated carbocycles. The maximum absolute atomic E-state index is 11.9. The molecule has 0 aliphatic carbocycles. The van der Waals surface area contributed by atoms with Crippen LogP contribution in [-0.4, -0.2) is 33.9 Å². The number of amides is 1. The predicted molar refractivity (Wildman–Crippen MR) is 75.8 cm³/mol. The molecule has 0 fully saturated rings. The summed E-state index contributed by atoms with van der Waals surface area (Å²) in [5.74, 6) is -0.374. The number of carbonyl (C=O) groups excluding carboxylic acids is 1. The molecule has 0 saturated heterocycles. The first-order valence-electron chi connectivity index (χ1n) is 6.44.